The molecule has 0 saturated heterocycles. The summed E-state index contributed by atoms with van der Waals surface area (Å²) in [6.07, 6.45) is 0.480. The topological polar surface area (TPSA) is 49.4 Å². The van der Waals surface area contributed by atoms with E-state index in [9.17, 15) is 9.59 Å². The molecule has 3 aromatic carbocycles. The van der Waals surface area contributed by atoms with Crippen LogP contribution in [0.3, 0.4) is 0 Å². The van der Waals surface area contributed by atoms with E-state index in [4.69, 9.17) is 23.2 Å². The molecule has 0 aromatic heterocycles. The van der Waals surface area contributed by atoms with Crippen molar-refractivity contribution in [2.24, 2.45) is 0 Å². The molecule has 4 nitrogen and oxygen atoms in total. The number of hydrogen-bond donors (Lipinski definition) is 1. The van der Waals surface area contributed by atoms with Gasteiger partial charge in [0.15, 0.2) is 0 Å². The summed E-state index contributed by atoms with van der Waals surface area (Å²) in [4.78, 5) is 28.8. The summed E-state index contributed by atoms with van der Waals surface area (Å²) in [5, 5.41) is 3.95. The van der Waals surface area contributed by atoms with Gasteiger partial charge >= 0.3 is 0 Å². The molecule has 0 bridgehead atoms. The van der Waals surface area contributed by atoms with Crippen LogP contribution in [0.1, 0.15) is 36.1 Å². The number of nitrogens with zero attached hydrogens (tertiary/aromatic N) is 1. The van der Waals surface area contributed by atoms with E-state index >= 15 is 0 Å². The van der Waals surface area contributed by atoms with E-state index in [1.165, 1.54) is 0 Å². The Morgan fingerprint density at radius 3 is 2.24 bits per heavy atom. The molecule has 0 radical (unpaired) electrons. The molecule has 3 aromatic rings. The lowest BCUT2D eigenvalue weighted by Crippen LogP contribution is -2.52. The minimum Gasteiger partial charge on any atom is -0.352 e. The van der Waals surface area contributed by atoms with Crippen molar-refractivity contribution in [1.29, 1.82) is 0 Å². The third kappa shape index (κ3) is 7.09. The first-order chi connectivity index (χ1) is 16.2. The van der Waals surface area contributed by atoms with Crippen LogP contribution in [0.4, 0.5) is 0 Å². The van der Waals surface area contributed by atoms with E-state index in [0.29, 0.717) is 28.6 Å². The summed E-state index contributed by atoms with van der Waals surface area (Å²) in [5.74, 6) is -0.352. The van der Waals surface area contributed by atoms with Gasteiger partial charge < -0.3 is 10.2 Å². The molecule has 34 heavy (non-hydrogen) atoms. The van der Waals surface area contributed by atoms with E-state index < -0.39 is 6.04 Å². The van der Waals surface area contributed by atoms with Crippen LogP contribution in [0.5, 0.6) is 0 Å². The van der Waals surface area contributed by atoms with Gasteiger partial charge in [-0.3, -0.25) is 9.59 Å². The fraction of sp³-hybridized carbons (Fsp3) is 0.286. The Morgan fingerprint density at radius 2 is 1.59 bits per heavy atom. The van der Waals surface area contributed by atoms with Crippen LogP contribution in [0.25, 0.3) is 0 Å². The van der Waals surface area contributed by atoms with Gasteiger partial charge in [0.25, 0.3) is 0 Å². The van der Waals surface area contributed by atoms with Gasteiger partial charge in [0.2, 0.25) is 11.8 Å². The second kappa shape index (κ2) is 12.0. The van der Waals surface area contributed by atoms with Crippen LogP contribution < -0.4 is 5.32 Å². The Bertz CT molecular complexity index is 1130. The summed E-state index contributed by atoms with van der Waals surface area (Å²) in [6.45, 7) is 6.16. The number of carbonyl (C=O) groups is 2. The Balaban J connectivity index is 2.00. The zero-order valence-electron chi connectivity index (χ0n) is 19.7. The van der Waals surface area contributed by atoms with E-state index in [2.05, 4.69) is 5.32 Å². The molecule has 0 heterocycles. The molecule has 1 unspecified atom stereocenters. The van der Waals surface area contributed by atoms with E-state index in [0.717, 1.165) is 16.7 Å². The Kier molecular flexibility index (Phi) is 9.14. The third-order valence-electron chi connectivity index (χ3n) is 5.66. The predicted octanol–water partition coefficient (Wildman–Crippen LogP) is 6.01. The largest absolute Gasteiger partial charge is 0.352 e. The molecule has 0 aliphatic carbocycles. The fourth-order valence-corrected chi connectivity index (χ4v) is 4.31. The molecule has 0 fully saturated rings. The quantitative estimate of drug-likeness (QED) is 0.394. The van der Waals surface area contributed by atoms with Crippen molar-refractivity contribution in [3.8, 4) is 0 Å². The van der Waals surface area contributed by atoms with Crippen LogP contribution in [-0.2, 0) is 29.0 Å². The van der Waals surface area contributed by atoms with Crippen molar-refractivity contribution in [2.45, 2.75) is 52.2 Å². The number of carbonyl (C=O) groups excluding carboxylic acids is 2. The van der Waals surface area contributed by atoms with Crippen molar-refractivity contribution in [1.82, 2.24) is 10.2 Å². The van der Waals surface area contributed by atoms with Gasteiger partial charge in [0.05, 0.1) is 6.42 Å². The summed E-state index contributed by atoms with van der Waals surface area (Å²) in [5.41, 5.74) is 3.72. The summed E-state index contributed by atoms with van der Waals surface area (Å²) >= 11 is 12.4. The van der Waals surface area contributed by atoms with Gasteiger partial charge in [-0.1, -0.05) is 83.9 Å². The monoisotopic (exact) mass is 496 g/mol. The second-order valence-electron chi connectivity index (χ2n) is 8.73. The third-order valence-corrected chi connectivity index (χ3v) is 6.25. The Labute approximate surface area is 211 Å². The molecule has 6 heteroatoms. The van der Waals surface area contributed by atoms with Crippen molar-refractivity contribution in [3.63, 3.8) is 0 Å². The van der Waals surface area contributed by atoms with Crippen molar-refractivity contribution in [2.75, 3.05) is 0 Å². The highest BCUT2D eigenvalue weighted by Gasteiger charge is 2.31. The lowest BCUT2D eigenvalue weighted by atomic mass is 10.00. The average Bonchev–Trinajstić information content (AvgIpc) is 2.79. The van der Waals surface area contributed by atoms with E-state index in [1.807, 2.05) is 75.4 Å². The first kappa shape index (κ1) is 25.8. The zero-order valence-corrected chi connectivity index (χ0v) is 21.2. The second-order valence-corrected chi connectivity index (χ2v) is 9.57. The molecule has 178 valence electrons. The smallest absolute Gasteiger partial charge is 0.243 e. The van der Waals surface area contributed by atoms with Crippen LogP contribution in [0.15, 0.2) is 72.8 Å². The lowest BCUT2D eigenvalue weighted by Gasteiger charge is -2.32. The first-order valence-corrected chi connectivity index (χ1v) is 12.1. The van der Waals surface area contributed by atoms with Crippen LogP contribution in [0, 0.1) is 6.92 Å². The molecule has 3 rings (SSSR count). The first-order valence-electron chi connectivity index (χ1n) is 11.4. The van der Waals surface area contributed by atoms with Gasteiger partial charge in [0.1, 0.15) is 6.04 Å². The average molecular weight is 497 g/mol. The SMILES string of the molecule is Cc1ccccc1CN(C(=O)Cc1ccc(Cl)cc1Cl)C(Cc1ccccc1)C(=O)NC(C)C. The van der Waals surface area contributed by atoms with Crippen molar-refractivity contribution in [3.05, 3.63) is 105 Å². The van der Waals surface area contributed by atoms with Crippen LogP contribution >= 0.6 is 23.2 Å². The molecule has 1 atom stereocenters. The minimum atomic E-state index is -0.678. The number of halogens is 2. The molecular formula is C28H30Cl2N2O2. The molecule has 0 saturated carbocycles. The van der Waals surface area contributed by atoms with Crippen molar-refractivity contribution >= 4 is 35.0 Å². The Hall–Kier alpha value is -2.82. The highest BCUT2D eigenvalue weighted by Crippen LogP contribution is 2.24. The number of hydrogen-bond acceptors (Lipinski definition) is 2. The molecule has 1 N–H and O–H groups in total. The van der Waals surface area contributed by atoms with Gasteiger partial charge in [-0.2, -0.15) is 0 Å². The molecule has 2 amide bonds. The highest BCUT2D eigenvalue weighted by atomic mass is 35.5. The zero-order chi connectivity index (χ0) is 24.7. The van der Waals surface area contributed by atoms with Crippen LogP contribution in [-0.4, -0.2) is 28.8 Å². The van der Waals surface area contributed by atoms with Gasteiger partial charge in [-0.05, 0) is 55.2 Å². The Morgan fingerprint density at radius 1 is 0.912 bits per heavy atom. The number of rotatable bonds is 9. The summed E-state index contributed by atoms with van der Waals surface area (Å²) < 4.78 is 0. The maximum Gasteiger partial charge on any atom is 0.243 e. The van der Waals surface area contributed by atoms with Crippen LogP contribution in [0.2, 0.25) is 10.0 Å². The normalized spacial score (nSPS) is 11.8. The predicted molar refractivity (Wildman–Crippen MR) is 139 cm³/mol. The summed E-state index contributed by atoms with van der Waals surface area (Å²) in [7, 11) is 0. The number of nitrogens with one attached hydrogen (secondary N) is 1. The highest BCUT2D eigenvalue weighted by molar-refractivity contribution is 6.35. The molecular weight excluding hydrogens is 467 g/mol. The molecule has 0 aliphatic rings. The van der Waals surface area contributed by atoms with E-state index in [1.54, 1.807) is 23.1 Å². The minimum absolute atomic E-state index is 0.0492. The lowest BCUT2D eigenvalue weighted by molar-refractivity contribution is -0.141. The van der Waals surface area contributed by atoms with Crippen molar-refractivity contribution < 1.29 is 9.59 Å². The van der Waals surface area contributed by atoms with E-state index in [-0.39, 0.29) is 24.3 Å². The fourth-order valence-electron chi connectivity index (χ4n) is 3.84. The standard InChI is InChI=1S/C28H30Cl2N2O2/c1-19(2)31-28(34)26(15-21-10-5-4-6-11-21)32(18-23-12-8-7-9-20(23)3)27(33)16-22-13-14-24(29)17-25(22)30/h4-14,17,19,26H,15-16,18H2,1-3H3,(H,31,34). The van der Waals surface area contributed by atoms with Gasteiger partial charge in [-0.25, -0.2) is 0 Å². The molecule has 0 aliphatic heterocycles. The van der Waals surface area contributed by atoms with Gasteiger partial charge in [0, 0.05) is 29.1 Å². The maximum absolute atomic E-state index is 13.7. The number of benzene rings is 3. The number of amides is 2. The maximum atomic E-state index is 13.7. The summed E-state index contributed by atoms with van der Waals surface area (Å²) in [6, 6.07) is 22.0. The molecule has 0 spiro atoms. The number of aryl methyl sites for hydroxylation is 1. The van der Waals surface area contributed by atoms with Gasteiger partial charge in [-0.15, -0.1) is 0 Å².